The van der Waals surface area contributed by atoms with Crippen molar-refractivity contribution in [3.05, 3.63) is 23.9 Å². The summed E-state index contributed by atoms with van der Waals surface area (Å²) in [7, 11) is 0. The lowest BCUT2D eigenvalue weighted by Gasteiger charge is -2.29. The van der Waals surface area contributed by atoms with Gasteiger partial charge in [-0.3, -0.25) is 0 Å². The predicted molar refractivity (Wildman–Crippen MR) is 110 cm³/mol. The highest BCUT2D eigenvalue weighted by atomic mass is 32.2. The fraction of sp³-hybridized carbons (Fsp3) is 0.684. The van der Waals surface area contributed by atoms with Crippen LogP contribution in [0.2, 0.25) is 0 Å². The number of rotatable bonds is 6. The summed E-state index contributed by atoms with van der Waals surface area (Å²) in [6.07, 6.45) is 4.45. The molecule has 2 aliphatic heterocycles. The molecule has 2 saturated heterocycles. The number of anilines is 1. The van der Waals surface area contributed by atoms with E-state index >= 15 is 0 Å². The van der Waals surface area contributed by atoms with Gasteiger partial charge in [-0.15, -0.1) is 0 Å². The van der Waals surface area contributed by atoms with Crippen molar-refractivity contribution < 1.29 is 4.74 Å². The Labute approximate surface area is 161 Å². The van der Waals surface area contributed by atoms with Crippen molar-refractivity contribution in [2.75, 3.05) is 50.0 Å². The van der Waals surface area contributed by atoms with Gasteiger partial charge in [-0.25, -0.2) is 9.98 Å². The van der Waals surface area contributed by atoms with E-state index in [0.717, 1.165) is 56.7 Å². The monoisotopic (exact) mass is 377 g/mol. The van der Waals surface area contributed by atoms with E-state index in [-0.39, 0.29) is 0 Å². The maximum atomic E-state index is 5.46. The molecule has 1 atom stereocenters. The molecule has 1 aromatic heterocycles. The largest absolute Gasteiger partial charge is 0.378 e. The van der Waals surface area contributed by atoms with Crippen molar-refractivity contribution in [1.82, 2.24) is 15.6 Å². The molecule has 0 saturated carbocycles. The molecule has 2 fully saturated rings. The number of nitrogens with zero attached hydrogens (tertiary/aromatic N) is 3. The molecule has 0 bridgehead atoms. The Morgan fingerprint density at radius 2 is 2.23 bits per heavy atom. The molecular weight excluding hydrogens is 346 g/mol. The summed E-state index contributed by atoms with van der Waals surface area (Å²) < 4.78 is 5.79. The maximum Gasteiger partial charge on any atom is 0.191 e. The van der Waals surface area contributed by atoms with Gasteiger partial charge in [0.05, 0.1) is 19.8 Å². The summed E-state index contributed by atoms with van der Waals surface area (Å²) in [5.41, 5.74) is 1.16. The second kappa shape index (κ2) is 9.46. The highest BCUT2D eigenvalue weighted by Crippen LogP contribution is 2.36. The molecule has 144 valence electrons. The molecule has 1 aromatic rings. The fourth-order valence-electron chi connectivity index (χ4n) is 3.37. The number of ether oxygens (including phenoxy) is 1. The number of thioether (sulfide) groups is 1. The van der Waals surface area contributed by atoms with E-state index < -0.39 is 0 Å². The van der Waals surface area contributed by atoms with E-state index in [9.17, 15) is 0 Å². The SMILES string of the molecule is CCNC(=NCc1cccnc1N1CCOCC1)NCC1(C)CCCS1. The number of pyridine rings is 1. The van der Waals surface area contributed by atoms with Crippen LogP contribution >= 0.6 is 11.8 Å². The zero-order valence-electron chi connectivity index (χ0n) is 16.0. The lowest BCUT2D eigenvalue weighted by Crippen LogP contribution is -2.43. The molecule has 0 spiro atoms. The Kier molecular flexibility index (Phi) is 7.02. The third-order valence-corrected chi connectivity index (χ3v) is 6.40. The molecule has 0 aliphatic carbocycles. The van der Waals surface area contributed by atoms with Crippen LogP contribution < -0.4 is 15.5 Å². The van der Waals surface area contributed by atoms with Gasteiger partial charge < -0.3 is 20.3 Å². The van der Waals surface area contributed by atoms with Gasteiger partial charge in [-0.05, 0) is 38.5 Å². The second-order valence-corrected chi connectivity index (χ2v) is 8.72. The van der Waals surface area contributed by atoms with E-state index in [1.54, 1.807) is 0 Å². The standard InChI is InChI=1S/C19H31N5OS/c1-3-20-18(23-15-19(2)7-5-13-26-19)22-14-16-6-4-8-21-17(16)24-9-11-25-12-10-24/h4,6,8H,3,5,7,9-15H2,1-2H3,(H2,20,22,23). The molecule has 26 heavy (non-hydrogen) atoms. The van der Waals surface area contributed by atoms with Crippen molar-refractivity contribution in [3.63, 3.8) is 0 Å². The molecule has 6 nitrogen and oxygen atoms in total. The van der Waals surface area contributed by atoms with Crippen molar-refractivity contribution in [1.29, 1.82) is 0 Å². The Morgan fingerprint density at radius 1 is 1.38 bits per heavy atom. The number of nitrogens with one attached hydrogen (secondary N) is 2. The first kappa shape index (κ1) is 19.3. The van der Waals surface area contributed by atoms with E-state index in [1.165, 1.54) is 18.6 Å². The number of hydrogen-bond acceptors (Lipinski definition) is 5. The van der Waals surface area contributed by atoms with Crippen LogP contribution in [0.25, 0.3) is 0 Å². The molecule has 3 rings (SSSR count). The maximum absolute atomic E-state index is 5.46. The number of hydrogen-bond donors (Lipinski definition) is 2. The first-order valence-corrected chi connectivity index (χ1v) is 10.6. The van der Waals surface area contributed by atoms with Gasteiger partial charge in [0, 0.05) is 42.7 Å². The van der Waals surface area contributed by atoms with Crippen molar-refractivity contribution in [2.45, 2.75) is 38.0 Å². The Balaban J connectivity index is 1.65. The minimum Gasteiger partial charge on any atom is -0.378 e. The van der Waals surface area contributed by atoms with Crippen LogP contribution in [0.3, 0.4) is 0 Å². The van der Waals surface area contributed by atoms with Gasteiger partial charge in [0.1, 0.15) is 5.82 Å². The lowest BCUT2D eigenvalue weighted by molar-refractivity contribution is 0.122. The van der Waals surface area contributed by atoms with E-state index in [4.69, 9.17) is 9.73 Å². The Morgan fingerprint density at radius 3 is 2.96 bits per heavy atom. The predicted octanol–water partition coefficient (Wildman–Crippen LogP) is 2.26. The first-order valence-electron chi connectivity index (χ1n) is 9.63. The van der Waals surface area contributed by atoms with Gasteiger partial charge in [0.25, 0.3) is 0 Å². The lowest BCUT2D eigenvalue weighted by atomic mass is 10.1. The van der Waals surface area contributed by atoms with Crippen molar-refractivity contribution in [3.8, 4) is 0 Å². The smallest absolute Gasteiger partial charge is 0.191 e. The Bertz CT molecular complexity index is 597. The van der Waals surface area contributed by atoms with Crippen LogP contribution in [0.1, 0.15) is 32.3 Å². The number of guanidine groups is 1. The summed E-state index contributed by atoms with van der Waals surface area (Å²) in [5.74, 6) is 3.19. The summed E-state index contributed by atoms with van der Waals surface area (Å²) in [6, 6.07) is 4.12. The third-order valence-electron chi connectivity index (χ3n) is 4.86. The number of aromatic nitrogens is 1. The zero-order chi connectivity index (χ0) is 18.2. The molecular formula is C19H31N5OS. The van der Waals surface area contributed by atoms with Gasteiger partial charge in [0.2, 0.25) is 0 Å². The summed E-state index contributed by atoms with van der Waals surface area (Å²) >= 11 is 2.07. The minimum absolute atomic E-state index is 0.323. The second-order valence-electron chi connectivity index (χ2n) is 7.04. The summed E-state index contributed by atoms with van der Waals surface area (Å²) in [5, 5.41) is 6.91. The van der Waals surface area contributed by atoms with Crippen LogP contribution in [-0.4, -0.2) is 60.8 Å². The van der Waals surface area contributed by atoms with E-state index in [2.05, 4.69) is 52.2 Å². The van der Waals surface area contributed by atoms with E-state index in [1.807, 2.05) is 12.3 Å². The molecule has 2 aliphatic rings. The Hall–Kier alpha value is -1.47. The van der Waals surface area contributed by atoms with E-state index in [0.29, 0.717) is 11.3 Å². The zero-order valence-corrected chi connectivity index (χ0v) is 16.8. The average molecular weight is 378 g/mol. The minimum atomic E-state index is 0.323. The molecule has 0 aromatic carbocycles. The molecule has 1 unspecified atom stereocenters. The molecule has 3 heterocycles. The summed E-state index contributed by atoms with van der Waals surface area (Å²) in [6.45, 7) is 10.2. The molecule has 7 heteroatoms. The van der Waals surface area contributed by atoms with Crippen molar-refractivity contribution in [2.24, 2.45) is 4.99 Å². The number of aliphatic imine (C=N–C) groups is 1. The average Bonchev–Trinajstić information content (AvgIpc) is 3.12. The molecule has 0 amide bonds. The van der Waals surface area contributed by atoms with Gasteiger partial charge in [-0.2, -0.15) is 11.8 Å². The summed E-state index contributed by atoms with van der Waals surface area (Å²) in [4.78, 5) is 11.7. The fourth-order valence-corrected chi connectivity index (χ4v) is 4.61. The van der Waals surface area contributed by atoms with Crippen molar-refractivity contribution >= 4 is 23.5 Å². The number of morpholine rings is 1. The van der Waals surface area contributed by atoms with Crippen LogP contribution in [0.4, 0.5) is 5.82 Å². The normalized spacial score (nSPS) is 23.9. The highest BCUT2D eigenvalue weighted by Gasteiger charge is 2.29. The van der Waals surface area contributed by atoms with Gasteiger partial charge in [-0.1, -0.05) is 6.07 Å². The third kappa shape index (κ3) is 5.27. The first-order chi connectivity index (χ1) is 12.7. The van der Waals surface area contributed by atoms with Crippen LogP contribution in [-0.2, 0) is 11.3 Å². The van der Waals surface area contributed by atoms with Crippen LogP contribution in [0.15, 0.2) is 23.3 Å². The highest BCUT2D eigenvalue weighted by molar-refractivity contribution is 8.00. The quantitative estimate of drug-likeness (QED) is 0.586. The van der Waals surface area contributed by atoms with Gasteiger partial charge >= 0.3 is 0 Å². The van der Waals surface area contributed by atoms with Crippen LogP contribution in [0, 0.1) is 0 Å². The molecule has 2 N–H and O–H groups in total. The topological polar surface area (TPSA) is 61.8 Å². The molecule has 0 radical (unpaired) electrons. The van der Waals surface area contributed by atoms with Crippen LogP contribution in [0.5, 0.6) is 0 Å². The van der Waals surface area contributed by atoms with Gasteiger partial charge in [0.15, 0.2) is 5.96 Å².